The molecule has 41 heavy (non-hydrogen) atoms. The Kier molecular flexibility index (Phi) is 11.5. The lowest BCUT2D eigenvalue weighted by molar-refractivity contribution is -0.140. The third-order valence-corrected chi connectivity index (χ3v) is 8.79. The van der Waals surface area contributed by atoms with Gasteiger partial charge < -0.3 is 15.0 Å². The fraction of sp³-hybridized carbons (Fsp3) is 0.333. The van der Waals surface area contributed by atoms with Crippen molar-refractivity contribution in [2.24, 2.45) is 0 Å². The van der Waals surface area contributed by atoms with Crippen molar-refractivity contribution in [2.75, 3.05) is 24.0 Å². The molecule has 1 unspecified atom stereocenters. The van der Waals surface area contributed by atoms with Crippen molar-refractivity contribution in [3.8, 4) is 5.75 Å². The highest BCUT2D eigenvalue weighted by molar-refractivity contribution is 7.92. The fourth-order valence-electron chi connectivity index (χ4n) is 4.29. The molecular weight excluding hydrogens is 585 g/mol. The number of amides is 2. The van der Waals surface area contributed by atoms with Crippen molar-refractivity contribution in [1.29, 1.82) is 0 Å². The van der Waals surface area contributed by atoms with Crippen molar-refractivity contribution < 1.29 is 22.7 Å². The summed E-state index contributed by atoms with van der Waals surface area (Å²) < 4.78 is 34.5. The van der Waals surface area contributed by atoms with Gasteiger partial charge in [-0.3, -0.25) is 13.9 Å². The number of aryl methyl sites for hydroxylation is 1. The maximum Gasteiger partial charge on any atom is 0.264 e. The molecule has 220 valence electrons. The summed E-state index contributed by atoms with van der Waals surface area (Å²) >= 11 is 12.5. The number of halogens is 2. The Morgan fingerprint density at radius 2 is 1.61 bits per heavy atom. The highest BCUT2D eigenvalue weighted by Crippen LogP contribution is 2.28. The van der Waals surface area contributed by atoms with Crippen LogP contribution in [0.4, 0.5) is 5.69 Å². The second-order valence-corrected chi connectivity index (χ2v) is 12.0. The van der Waals surface area contributed by atoms with Crippen molar-refractivity contribution in [3.63, 3.8) is 0 Å². The normalized spacial score (nSPS) is 12.0. The van der Waals surface area contributed by atoms with Crippen LogP contribution in [-0.2, 0) is 26.2 Å². The van der Waals surface area contributed by atoms with Crippen molar-refractivity contribution in [1.82, 2.24) is 10.2 Å². The molecule has 3 aromatic carbocycles. The molecule has 0 saturated heterocycles. The van der Waals surface area contributed by atoms with Gasteiger partial charge in [0, 0.05) is 23.1 Å². The molecule has 8 nitrogen and oxygen atoms in total. The monoisotopic (exact) mass is 619 g/mol. The highest BCUT2D eigenvalue weighted by Gasteiger charge is 2.34. The summed E-state index contributed by atoms with van der Waals surface area (Å²) in [6, 6.07) is 16.9. The van der Waals surface area contributed by atoms with E-state index < -0.39 is 28.5 Å². The number of benzene rings is 3. The zero-order chi connectivity index (χ0) is 30.2. The molecule has 0 aliphatic rings. The van der Waals surface area contributed by atoms with Gasteiger partial charge in [-0.05, 0) is 81.3 Å². The van der Waals surface area contributed by atoms with Gasteiger partial charge >= 0.3 is 0 Å². The molecule has 0 fully saturated rings. The maximum atomic E-state index is 14.1. The number of ether oxygens (including phenoxy) is 1. The third-order valence-electron chi connectivity index (χ3n) is 6.42. The maximum absolute atomic E-state index is 14.1. The van der Waals surface area contributed by atoms with E-state index in [0.29, 0.717) is 46.6 Å². The topological polar surface area (TPSA) is 96.0 Å². The minimum Gasteiger partial charge on any atom is -0.494 e. The Morgan fingerprint density at radius 3 is 2.17 bits per heavy atom. The van der Waals surface area contributed by atoms with E-state index in [2.05, 4.69) is 5.32 Å². The van der Waals surface area contributed by atoms with Crippen LogP contribution in [0, 0.1) is 6.92 Å². The Hall–Kier alpha value is -3.27. The van der Waals surface area contributed by atoms with Gasteiger partial charge in [0.15, 0.2) is 0 Å². The standard InChI is InChI=1S/C30H35Cl2N3O5S/c1-5-28(30(37)33-6-2)34(19-22-10-11-23(31)18-27(22)32)29(36)20-35(24-12-8-21(4)9-13-24)41(38,39)26-16-14-25(15-17-26)40-7-3/h8-18,28H,5-7,19-20H2,1-4H3,(H,33,37). The average Bonchev–Trinajstić information content (AvgIpc) is 2.94. The zero-order valence-electron chi connectivity index (χ0n) is 23.6. The number of anilines is 1. The lowest BCUT2D eigenvalue weighted by Gasteiger charge is -2.33. The van der Waals surface area contributed by atoms with E-state index in [1.807, 2.05) is 13.8 Å². The highest BCUT2D eigenvalue weighted by atomic mass is 35.5. The lowest BCUT2D eigenvalue weighted by Crippen LogP contribution is -2.52. The number of hydrogen-bond acceptors (Lipinski definition) is 5. The zero-order valence-corrected chi connectivity index (χ0v) is 25.9. The molecule has 1 atom stereocenters. The van der Waals surface area contributed by atoms with Crippen molar-refractivity contribution in [2.45, 2.75) is 51.6 Å². The van der Waals surface area contributed by atoms with Gasteiger partial charge in [-0.25, -0.2) is 8.42 Å². The first-order valence-corrected chi connectivity index (χ1v) is 15.5. The molecule has 0 radical (unpaired) electrons. The van der Waals surface area contributed by atoms with Gasteiger partial charge in [0.05, 0.1) is 17.2 Å². The van der Waals surface area contributed by atoms with Crippen LogP contribution < -0.4 is 14.4 Å². The number of carbonyl (C=O) groups excluding carboxylic acids is 2. The third kappa shape index (κ3) is 8.15. The predicted molar refractivity (Wildman–Crippen MR) is 163 cm³/mol. The number of likely N-dealkylation sites (N-methyl/N-ethyl adjacent to an activating group) is 1. The summed E-state index contributed by atoms with van der Waals surface area (Å²) in [5.74, 6) is -0.378. The Morgan fingerprint density at radius 1 is 0.951 bits per heavy atom. The minimum atomic E-state index is -4.19. The number of carbonyl (C=O) groups is 2. The quantitative estimate of drug-likeness (QED) is 0.259. The first kappa shape index (κ1) is 32.2. The second-order valence-electron chi connectivity index (χ2n) is 9.33. The first-order valence-electron chi connectivity index (χ1n) is 13.3. The van der Waals surface area contributed by atoms with Crippen LogP contribution >= 0.6 is 23.2 Å². The Balaban J connectivity index is 2.06. The Bertz CT molecular complexity index is 1450. The van der Waals surface area contributed by atoms with Crippen LogP contribution in [0.2, 0.25) is 10.0 Å². The van der Waals surface area contributed by atoms with Crippen LogP contribution in [0.1, 0.15) is 38.3 Å². The summed E-state index contributed by atoms with van der Waals surface area (Å²) in [6.07, 6.45) is 0.305. The van der Waals surface area contributed by atoms with E-state index in [1.165, 1.54) is 17.0 Å². The SMILES string of the molecule is CCNC(=O)C(CC)N(Cc1ccc(Cl)cc1Cl)C(=O)CN(c1ccc(C)cc1)S(=O)(=O)c1ccc(OCC)cc1. The molecule has 3 aromatic rings. The van der Waals surface area contributed by atoms with Crippen LogP contribution in [0.15, 0.2) is 71.6 Å². The van der Waals surface area contributed by atoms with Crippen LogP contribution in [0.5, 0.6) is 5.75 Å². The van der Waals surface area contributed by atoms with E-state index in [-0.39, 0.29) is 17.3 Å². The lowest BCUT2D eigenvalue weighted by atomic mass is 10.1. The van der Waals surface area contributed by atoms with Gasteiger partial charge in [-0.15, -0.1) is 0 Å². The number of sulfonamides is 1. The molecule has 0 heterocycles. The fourth-order valence-corrected chi connectivity index (χ4v) is 6.17. The van der Waals surface area contributed by atoms with Crippen LogP contribution in [0.3, 0.4) is 0 Å². The van der Waals surface area contributed by atoms with Crippen molar-refractivity contribution >= 4 is 50.7 Å². The number of nitrogens with zero attached hydrogens (tertiary/aromatic N) is 2. The molecule has 0 saturated carbocycles. The largest absolute Gasteiger partial charge is 0.494 e. The van der Waals surface area contributed by atoms with E-state index in [1.54, 1.807) is 68.4 Å². The van der Waals surface area contributed by atoms with Gasteiger partial charge in [-0.2, -0.15) is 0 Å². The van der Waals surface area contributed by atoms with Gasteiger partial charge in [0.25, 0.3) is 10.0 Å². The van der Waals surface area contributed by atoms with Crippen molar-refractivity contribution in [3.05, 3.63) is 87.9 Å². The molecule has 11 heteroatoms. The van der Waals surface area contributed by atoms with Gasteiger partial charge in [-0.1, -0.05) is 53.9 Å². The van der Waals surface area contributed by atoms with E-state index in [0.717, 1.165) is 9.87 Å². The summed E-state index contributed by atoms with van der Waals surface area (Å²) in [5, 5.41) is 3.54. The van der Waals surface area contributed by atoms with E-state index in [9.17, 15) is 18.0 Å². The molecule has 0 aliphatic carbocycles. The summed E-state index contributed by atoms with van der Waals surface area (Å²) in [5.41, 5.74) is 1.82. The molecule has 0 spiro atoms. The second kappa shape index (κ2) is 14.6. The summed E-state index contributed by atoms with van der Waals surface area (Å²) in [6.45, 7) is 7.55. The summed E-state index contributed by atoms with van der Waals surface area (Å²) in [4.78, 5) is 28.5. The van der Waals surface area contributed by atoms with Crippen LogP contribution in [0.25, 0.3) is 0 Å². The molecule has 3 rings (SSSR count). The Labute approximate surface area is 252 Å². The summed E-state index contributed by atoms with van der Waals surface area (Å²) in [7, 11) is -4.19. The van der Waals surface area contributed by atoms with E-state index in [4.69, 9.17) is 27.9 Å². The van der Waals surface area contributed by atoms with Crippen LogP contribution in [-0.4, -0.2) is 50.9 Å². The molecule has 1 N–H and O–H groups in total. The minimum absolute atomic E-state index is 0.00242. The molecule has 0 aromatic heterocycles. The number of hydrogen-bond donors (Lipinski definition) is 1. The predicted octanol–water partition coefficient (Wildman–Crippen LogP) is 5.84. The number of rotatable bonds is 13. The van der Waals surface area contributed by atoms with Gasteiger partial charge in [0.1, 0.15) is 18.3 Å². The molecule has 0 aliphatic heterocycles. The smallest absolute Gasteiger partial charge is 0.264 e. The molecule has 2 amide bonds. The van der Waals surface area contributed by atoms with Gasteiger partial charge in [0.2, 0.25) is 11.8 Å². The number of nitrogens with one attached hydrogen (secondary N) is 1. The molecular formula is C30H35Cl2N3O5S. The molecule has 0 bridgehead atoms. The van der Waals surface area contributed by atoms with E-state index >= 15 is 0 Å². The average molecular weight is 621 g/mol. The first-order chi connectivity index (χ1) is 19.5.